The maximum atomic E-state index is 13.4. The van der Waals surface area contributed by atoms with Gasteiger partial charge in [-0.25, -0.2) is 13.8 Å². The zero-order valence-corrected chi connectivity index (χ0v) is 13.9. The molecule has 1 heterocycles. The fourth-order valence-electron chi connectivity index (χ4n) is 2.43. The zero-order valence-electron chi connectivity index (χ0n) is 13.9. The standard InChI is InChI=1S/C19H22F2N2/c1-13(2)19(3,4)11-15-8-9-23(18(15)22-5)12-14-6-7-16(20)17(21)10-14/h6-10H,1,5,11-12H2,2-4H3. The van der Waals surface area contributed by atoms with Gasteiger partial charge >= 0.3 is 0 Å². The molecule has 0 aliphatic carbocycles. The summed E-state index contributed by atoms with van der Waals surface area (Å²) in [6.07, 6.45) is 2.69. The minimum atomic E-state index is -0.841. The molecule has 23 heavy (non-hydrogen) atoms. The summed E-state index contributed by atoms with van der Waals surface area (Å²) in [5.41, 5.74) is 2.79. The molecular weight excluding hydrogens is 294 g/mol. The summed E-state index contributed by atoms with van der Waals surface area (Å²) in [5.74, 6) is -0.928. The molecule has 2 rings (SSSR count). The molecule has 0 saturated heterocycles. The van der Waals surface area contributed by atoms with Crippen LogP contribution in [-0.4, -0.2) is 11.3 Å². The molecule has 0 amide bonds. The van der Waals surface area contributed by atoms with Crippen LogP contribution in [0.3, 0.4) is 0 Å². The molecule has 0 radical (unpaired) electrons. The predicted molar refractivity (Wildman–Crippen MR) is 91.4 cm³/mol. The molecule has 2 aromatic rings. The lowest BCUT2D eigenvalue weighted by atomic mass is 9.80. The van der Waals surface area contributed by atoms with Crippen molar-refractivity contribution in [2.24, 2.45) is 10.4 Å². The normalized spacial score (nSPS) is 11.5. The van der Waals surface area contributed by atoms with Gasteiger partial charge in [-0.3, -0.25) is 0 Å². The van der Waals surface area contributed by atoms with Crippen molar-refractivity contribution in [3.8, 4) is 0 Å². The van der Waals surface area contributed by atoms with Gasteiger partial charge in [0, 0.05) is 12.7 Å². The van der Waals surface area contributed by atoms with Gasteiger partial charge in [-0.05, 0) is 54.8 Å². The fraction of sp³-hybridized carbons (Fsp3) is 0.316. The molecule has 0 N–H and O–H groups in total. The third-order valence-corrected chi connectivity index (χ3v) is 4.29. The van der Waals surface area contributed by atoms with E-state index in [1.54, 1.807) is 6.07 Å². The minimum Gasteiger partial charge on any atom is -0.328 e. The summed E-state index contributed by atoms with van der Waals surface area (Å²) < 4.78 is 28.3. The minimum absolute atomic E-state index is 0.0480. The van der Waals surface area contributed by atoms with Gasteiger partial charge in [0.2, 0.25) is 0 Å². The van der Waals surface area contributed by atoms with Gasteiger partial charge in [-0.15, -0.1) is 0 Å². The number of hydrogen-bond acceptors (Lipinski definition) is 1. The molecule has 0 fully saturated rings. The number of halogens is 2. The van der Waals surface area contributed by atoms with Crippen LogP contribution in [0.4, 0.5) is 14.6 Å². The van der Waals surface area contributed by atoms with Gasteiger partial charge < -0.3 is 4.57 Å². The van der Waals surface area contributed by atoms with Crippen molar-refractivity contribution < 1.29 is 8.78 Å². The second kappa shape index (κ2) is 6.49. The van der Waals surface area contributed by atoms with Crippen molar-refractivity contribution in [2.45, 2.75) is 33.7 Å². The summed E-state index contributed by atoms with van der Waals surface area (Å²) in [6.45, 7) is 14.4. The van der Waals surface area contributed by atoms with Gasteiger partial charge in [0.05, 0.1) is 0 Å². The highest BCUT2D eigenvalue weighted by Crippen LogP contribution is 2.33. The third kappa shape index (κ3) is 3.76. The molecule has 122 valence electrons. The Morgan fingerprint density at radius 2 is 1.91 bits per heavy atom. The summed E-state index contributed by atoms with van der Waals surface area (Å²) in [4.78, 5) is 4.13. The molecule has 4 heteroatoms. The van der Waals surface area contributed by atoms with Crippen LogP contribution in [-0.2, 0) is 13.0 Å². The first-order valence-corrected chi connectivity index (χ1v) is 7.49. The van der Waals surface area contributed by atoms with Crippen LogP contribution in [0.25, 0.3) is 0 Å². The lowest BCUT2D eigenvalue weighted by molar-refractivity contribution is 0.445. The lowest BCUT2D eigenvalue weighted by Crippen LogP contribution is -2.15. The molecule has 1 aromatic heterocycles. The number of benzene rings is 1. The van der Waals surface area contributed by atoms with E-state index in [0.29, 0.717) is 12.1 Å². The zero-order chi connectivity index (χ0) is 17.2. The van der Waals surface area contributed by atoms with Crippen LogP contribution >= 0.6 is 0 Å². The second-order valence-electron chi connectivity index (χ2n) is 6.54. The number of aliphatic imine (C=N–C) groups is 1. The highest BCUT2D eigenvalue weighted by molar-refractivity contribution is 5.49. The average Bonchev–Trinajstić information content (AvgIpc) is 2.83. The lowest BCUT2D eigenvalue weighted by Gasteiger charge is -2.25. The number of rotatable bonds is 6. The number of aromatic nitrogens is 1. The second-order valence-corrected chi connectivity index (χ2v) is 6.54. The Morgan fingerprint density at radius 1 is 1.22 bits per heavy atom. The molecule has 0 bridgehead atoms. The summed E-state index contributed by atoms with van der Waals surface area (Å²) in [6, 6.07) is 5.91. The van der Waals surface area contributed by atoms with Crippen LogP contribution in [0.15, 0.2) is 47.6 Å². The highest BCUT2D eigenvalue weighted by Gasteiger charge is 2.22. The SMILES string of the molecule is C=Nc1c(CC(C)(C)C(=C)C)ccn1Cc1ccc(F)c(F)c1. The number of allylic oxidation sites excluding steroid dienone is 1. The van der Waals surface area contributed by atoms with Gasteiger partial charge in [0.25, 0.3) is 0 Å². The van der Waals surface area contributed by atoms with E-state index in [1.165, 1.54) is 6.07 Å². The molecule has 2 nitrogen and oxygen atoms in total. The fourth-order valence-corrected chi connectivity index (χ4v) is 2.43. The van der Waals surface area contributed by atoms with E-state index >= 15 is 0 Å². The Balaban J connectivity index is 2.29. The molecule has 0 aliphatic rings. The summed E-state index contributed by atoms with van der Waals surface area (Å²) >= 11 is 0. The van der Waals surface area contributed by atoms with Crippen LogP contribution in [0, 0.1) is 17.0 Å². The monoisotopic (exact) mass is 316 g/mol. The topological polar surface area (TPSA) is 17.3 Å². The van der Waals surface area contributed by atoms with Crippen LogP contribution in [0.1, 0.15) is 31.9 Å². The summed E-state index contributed by atoms with van der Waals surface area (Å²) in [7, 11) is 0. The molecule has 1 aromatic carbocycles. The van der Waals surface area contributed by atoms with E-state index in [4.69, 9.17) is 0 Å². The van der Waals surface area contributed by atoms with Gasteiger partial charge in [-0.2, -0.15) is 0 Å². The van der Waals surface area contributed by atoms with Crippen LogP contribution in [0.5, 0.6) is 0 Å². The Kier molecular flexibility index (Phi) is 4.83. The first-order valence-electron chi connectivity index (χ1n) is 7.49. The van der Waals surface area contributed by atoms with Crippen molar-refractivity contribution in [3.63, 3.8) is 0 Å². The van der Waals surface area contributed by atoms with Crippen molar-refractivity contribution in [1.29, 1.82) is 0 Å². The maximum absolute atomic E-state index is 13.4. The van der Waals surface area contributed by atoms with E-state index in [1.807, 2.05) is 23.8 Å². The van der Waals surface area contributed by atoms with E-state index < -0.39 is 11.6 Å². The van der Waals surface area contributed by atoms with Crippen molar-refractivity contribution in [3.05, 3.63) is 65.4 Å². The third-order valence-electron chi connectivity index (χ3n) is 4.29. The summed E-state index contributed by atoms with van der Waals surface area (Å²) in [5, 5.41) is 0. The average molecular weight is 316 g/mol. The van der Waals surface area contributed by atoms with Gasteiger partial charge in [-0.1, -0.05) is 32.1 Å². The molecule has 0 unspecified atom stereocenters. The highest BCUT2D eigenvalue weighted by atomic mass is 19.2. The van der Waals surface area contributed by atoms with Crippen LogP contribution < -0.4 is 0 Å². The first kappa shape index (κ1) is 17.1. The number of hydrogen-bond donors (Lipinski definition) is 0. The quantitative estimate of drug-likeness (QED) is 0.509. The first-order chi connectivity index (χ1) is 10.7. The van der Waals surface area contributed by atoms with E-state index in [9.17, 15) is 8.78 Å². The Hall–Kier alpha value is -2.23. The predicted octanol–water partition coefficient (Wildman–Crippen LogP) is 5.29. The van der Waals surface area contributed by atoms with Gasteiger partial charge in [0.1, 0.15) is 5.82 Å². The van der Waals surface area contributed by atoms with Crippen molar-refractivity contribution in [2.75, 3.05) is 0 Å². The van der Waals surface area contributed by atoms with Gasteiger partial charge in [0.15, 0.2) is 11.6 Å². The van der Waals surface area contributed by atoms with Crippen molar-refractivity contribution >= 4 is 12.5 Å². The maximum Gasteiger partial charge on any atom is 0.159 e. The Bertz CT molecular complexity index is 742. The Morgan fingerprint density at radius 3 is 2.48 bits per heavy atom. The smallest absolute Gasteiger partial charge is 0.159 e. The molecule has 0 saturated carbocycles. The largest absolute Gasteiger partial charge is 0.328 e. The molecule has 0 atom stereocenters. The van der Waals surface area contributed by atoms with Crippen LogP contribution in [0.2, 0.25) is 0 Å². The molecular formula is C19H22F2N2. The molecule has 0 aliphatic heterocycles. The van der Waals surface area contributed by atoms with E-state index in [2.05, 4.69) is 32.1 Å². The Labute approximate surface area is 136 Å². The van der Waals surface area contributed by atoms with E-state index in [0.717, 1.165) is 29.4 Å². The number of nitrogens with zero attached hydrogens (tertiary/aromatic N) is 2. The van der Waals surface area contributed by atoms with Crippen molar-refractivity contribution in [1.82, 2.24) is 4.57 Å². The van der Waals surface area contributed by atoms with E-state index in [-0.39, 0.29) is 5.41 Å². The molecule has 0 spiro atoms.